The number of aromatic nitrogens is 3. The highest BCUT2D eigenvalue weighted by atomic mass is 32.1. The lowest BCUT2D eigenvalue weighted by Gasteiger charge is -2.15. The molecule has 0 aliphatic carbocycles. The predicted molar refractivity (Wildman–Crippen MR) is 124 cm³/mol. The first-order valence-electron chi connectivity index (χ1n) is 10.3. The van der Waals surface area contributed by atoms with E-state index in [1.165, 1.54) is 0 Å². The van der Waals surface area contributed by atoms with E-state index in [9.17, 15) is 0 Å². The molecule has 0 aliphatic heterocycles. The summed E-state index contributed by atoms with van der Waals surface area (Å²) in [7, 11) is 3.20. The standard InChI is InChI=1S/C23H28N4O3S/c1-5-18(6-2)22-25-26-23(31)27(22)24-14-17-12-19(28-3)21(20(13-17)29-4)30-15-16-10-8-7-9-11-16/h7-14,18H,5-6,15H2,1-4H3,(H,26,31)/b24-14-. The summed E-state index contributed by atoms with van der Waals surface area (Å²) in [4.78, 5) is 0. The van der Waals surface area contributed by atoms with Crippen LogP contribution in [0.25, 0.3) is 0 Å². The minimum absolute atomic E-state index is 0.280. The van der Waals surface area contributed by atoms with Crippen molar-refractivity contribution in [3.05, 3.63) is 64.2 Å². The molecule has 0 radical (unpaired) electrons. The van der Waals surface area contributed by atoms with Gasteiger partial charge in [-0.25, -0.2) is 0 Å². The third-order valence-corrected chi connectivity index (χ3v) is 5.32. The van der Waals surface area contributed by atoms with E-state index in [1.807, 2.05) is 42.5 Å². The summed E-state index contributed by atoms with van der Waals surface area (Å²) in [6, 6.07) is 13.6. The zero-order valence-corrected chi connectivity index (χ0v) is 19.1. The van der Waals surface area contributed by atoms with Crippen LogP contribution in [0.1, 0.15) is 49.6 Å². The zero-order chi connectivity index (χ0) is 22.2. The third-order valence-electron chi connectivity index (χ3n) is 5.06. The van der Waals surface area contributed by atoms with Crippen molar-refractivity contribution in [2.45, 2.75) is 39.2 Å². The largest absolute Gasteiger partial charge is 0.493 e. The van der Waals surface area contributed by atoms with E-state index in [-0.39, 0.29) is 5.92 Å². The maximum Gasteiger partial charge on any atom is 0.216 e. The maximum atomic E-state index is 6.01. The van der Waals surface area contributed by atoms with E-state index in [0.29, 0.717) is 28.6 Å². The van der Waals surface area contributed by atoms with E-state index in [0.717, 1.165) is 29.8 Å². The number of nitrogens with one attached hydrogen (secondary N) is 1. The molecule has 7 nitrogen and oxygen atoms in total. The third kappa shape index (κ3) is 5.32. The lowest BCUT2D eigenvalue weighted by Crippen LogP contribution is -2.05. The summed E-state index contributed by atoms with van der Waals surface area (Å²) in [6.07, 6.45) is 3.63. The highest BCUT2D eigenvalue weighted by molar-refractivity contribution is 7.71. The molecule has 3 rings (SSSR count). The molecule has 0 spiro atoms. The fraction of sp³-hybridized carbons (Fsp3) is 0.348. The summed E-state index contributed by atoms with van der Waals surface area (Å²) in [5, 5.41) is 11.8. The van der Waals surface area contributed by atoms with Crippen LogP contribution in [-0.2, 0) is 6.61 Å². The van der Waals surface area contributed by atoms with Crippen molar-refractivity contribution in [1.29, 1.82) is 0 Å². The minimum atomic E-state index is 0.280. The molecule has 1 aromatic heterocycles. The average Bonchev–Trinajstić information content (AvgIpc) is 3.17. The van der Waals surface area contributed by atoms with Crippen LogP contribution in [0.2, 0.25) is 0 Å². The molecule has 1 N–H and O–H groups in total. The number of hydrogen-bond donors (Lipinski definition) is 1. The molecule has 0 amide bonds. The first kappa shape index (κ1) is 22.6. The van der Waals surface area contributed by atoms with Crippen molar-refractivity contribution < 1.29 is 14.2 Å². The Bertz CT molecular complexity index is 1050. The van der Waals surface area contributed by atoms with Gasteiger partial charge in [0, 0.05) is 11.5 Å². The first-order chi connectivity index (χ1) is 15.1. The van der Waals surface area contributed by atoms with Crippen molar-refractivity contribution in [1.82, 2.24) is 14.9 Å². The second kappa shape index (κ2) is 10.8. The number of rotatable bonds is 10. The smallest absolute Gasteiger partial charge is 0.216 e. The lowest BCUT2D eigenvalue weighted by atomic mass is 10.0. The Morgan fingerprint density at radius 3 is 2.32 bits per heavy atom. The Kier molecular flexibility index (Phi) is 7.83. The maximum absolute atomic E-state index is 6.01. The van der Waals surface area contributed by atoms with E-state index >= 15 is 0 Å². The molecule has 0 atom stereocenters. The molecule has 0 saturated carbocycles. The molecular weight excluding hydrogens is 412 g/mol. The molecule has 2 aromatic carbocycles. The Labute approximate surface area is 187 Å². The first-order valence-corrected chi connectivity index (χ1v) is 10.7. The quantitative estimate of drug-likeness (QED) is 0.341. The van der Waals surface area contributed by atoms with Gasteiger partial charge in [0.1, 0.15) is 6.61 Å². The highest BCUT2D eigenvalue weighted by Crippen LogP contribution is 2.38. The van der Waals surface area contributed by atoms with Gasteiger partial charge in [0.15, 0.2) is 17.3 Å². The van der Waals surface area contributed by atoms with Gasteiger partial charge in [0.25, 0.3) is 0 Å². The van der Waals surface area contributed by atoms with Crippen LogP contribution in [0.3, 0.4) is 0 Å². The van der Waals surface area contributed by atoms with Crippen LogP contribution >= 0.6 is 12.2 Å². The molecular formula is C23H28N4O3S. The summed E-state index contributed by atoms with van der Waals surface area (Å²) in [6.45, 7) is 4.66. The molecule has 0 unspecified atom stereocenters. The Morgan fingerprint density at radius 2 is 1.74 bits per heavy atom. The summed E-state index contributed by atoms with van der Waals surface area (Å²) < 4.78 is 19.3. The van der Waals surface area contributed by atoms with E-state index < -0.39 is 0 Å². The number of methoxy groups -OCH3 is 2. The van der Waals surface area contributed by atoms with Gasteiger partial charge in [-0.05, 0) is 42.8 Å². The lowest BCUT2D eigenvalue weighted by molar-refractivity contribution is 0.266. The van der Waals surface area contributed by atoms with E-state index in [2.05, 4.69) is 29.1 Å². The molecule has 8 heteroatoms. The van der Waals surface area contributed by atoms with Crippen LogP contribution < -0.4 is 14.2 Å². The van der Waals surface area contributed by atoms with Gasteiger partial charge in [-0.15, -0.1) is 0 Å². The molecule has 164 valence electrons. The summed E-state index contributed by atoms with van der Waals surface area (Å²) in [5.74, 6) is 2.78. The molecule has 0 fully saturated rings. The summed E-state index contributed by atoms with van der Waals surface area (Å²) in [5.41, 5.74) is 1.85. The van der Waals surface area contributed by atoms with Crippen LogP contribution in [0.4, 0.5) is 0 Å². The fourth-order valence-corrected chi connectivity index (χ4v) is 3.49. The van der Waals surface area contributed by atoms with Gasteiger partial charge >= 0.3 is 0 Å². The molecule has 1 heterocycles. The Hall–Kier alpha value is -3.13. The normalized spacial score (nSPS) is 11.3. The average molecular weight is 441 g/mol. The molecule has 31 heavy (non-hydrogen) atoms. The van der Waals surface area contributed by atoms with Gasteiger partial charge in [-0.3, -0.25) is 5.10 Å². The minimum Gasteiger partial charge on any atom is -0.493 e. The molecule has 3 aromatic rings. The Balaban J connectivity index is 1.90. The van der Waals surface area contributed by atoms with Gasteiger partial charge in [-0.2, -0.15) is 14.9 Å². The van der Waals surface area contributed by atoms with E-state index in [1.54, 1.807) is 25.1 Å². The van der Waals surface area contributed by atoms with Gasteiger partial charge in [-0.1, -0.05) is 44.2 Å². The molecule has 0 bridgehead atoms. The topological polar surface area (TPSA) is 73.7 Å². The summed E-state index contributed by atoms with van der Waals surface area (Å²) >= 11 is 5.36. The van der Waals surface area contributed by atoms with Gasteiger partial charge < -0.3 is 14.2 Å². The number of ether oxygens (including phenoxy) is 3. The zero-order valence-electron chi connectivity index (χ0n) is 18.3. The second-order valence-electron chi connectivity index (χ2n) is 6.99. The van der Waals surface area contributed by atoms with Gasteiger partial charge in [0.05, 0.1) is 20.4 Å². The van der Waals surface area contributed by atoms with Crippen LogP contribution in [-0.4, -0.2) is 35.3 Å². The number of nitrogens with zero attached hydrogens (tertiary/aromatic N) is 3. The van der Waals surface area contributed by atoms with E-state index in [4.69, 9.17) is 26.4 Å². The number of H-pyrrole nitrogens is 1. The van der Waals surface area contributed by atoms with Crippen molar-refractivity contribution in [3.8, 4) is 17.2 Å². The SMILES string of the molecule is CCC(CC)c1n[nH]c(=S)n1/N=C\c1cc(OC)c(OCc2ccccc2)c(OC)c1. The number of aromatic amines is 1. The van der Waals surface area contributed by atoms with Crippen LogP contribution in [0.5, 0.6) is 17.2 Å². The predicted octanol–water partition coefficient (Wildman–Crippen LogP) is 5.32. The van der Waals surface area contributed by atoms with Crippen molar-refractivity contribution >= 4 is 18.4 Å². The molecule has 0 saturated heterocycles. The Morgan fingerprint density at radius 1 is 1.10 bits per heavy atom. The van der Waals surface area contributed by atoms with Crippen molar-refractivity contribution in [2.75, 3.05) is 14.2 Å². The van der Waals surface area contributed by atoms with Crippen LogP contribution in [0.15, 0.2) is 47.6 Å². The highest BCUT2D eigenvalue weighted by Gasteiger charge is 2.16. The van der Waals surface area contributed by atoms with Crippen molar-refractivity contribution in [2.24, 2.45) is 5.10 Å². The van der Waals surface area contributed by atoms with Crippen LogP contribution in [0, 0.1) is 4.77 Å². The second-order valence-corrected chi connectivity index (χ2v) is 7.37. The number of benzene rings is 2. The van der Waals surface area contributed by atoms with Gasteiger partial charge in [0.2, 0.25) is 10.5 Å². The fourth-order valence-electron chi connectivity index (χ4n) is 3.30. The van der Waals surface area contributed by atoms with Crippen molar-refractivity contribution in [3.63, 3.8) is 0 Å². The molecule has 0 aliphatic rings. The monoisotopic (exact) mass is 440 g/mol. The number of hydrogen-bond acceptors (Lipinski definition) is 6.